The van der Waals surface area contributed by atoms with Crippen molar-refractivity contribution in [3.05, 3.63) is 65.4 Å². The Morgan fingerprint density at radius 1 is 1.10 bits per heavy atom. The fourth-order valence-corrected chi connectivity index (χ4v) is 2.46. The molecule has 0 saturated carbocycles. The Kier molecular flexibility index (Phi) is 3.20. The van der Waals surface area contributed by atoms with Gasteiger partial charge in [-0.1, -0.05) is 30.3 Å². The van der Waals surface area contributed by atoms with Crippen molar-refractivity contribution in [1.82, 2.24) is 0 Å². The number of hydrogen-bond donors (Lipinski definition) is 1. The average Bonchev–Trinajstić information content (AvgIpc) is 2.84. The molecule has 3 nitrogen and oxygen atoms in total. The van der Waals surface area contributed by atoms with Crippen LogP contribution in [0.4, 0.5) is 0 Å². The van der Waals surface area contributed by atoms with E-state index in [2.05, 4.69) is 0 Å². The molecule has 0 saturated heterocycles. The zero-order valence-electron chi connectivity index (χ0n) is 11.6. The predicted octanol–water partition coefficient (Wildman–Crippen LogP) is 3.80. The third-order valence-corrected chi connectivity index (χ3v) is 3.62. The van der Waals surface area contributed by atoms with Crippen LogP contribution >= 0.6 is 0 Å². The van der Waals surface area contributed by atoms with Crippen molar-refractivity contribution in [2.24, 2.45) is 5.73 Å². The van der Waals surface area contributed by atoms with Gasteiger partial charge in [0.2, 0.25) is 0 Å². The smallest absolute Gasteiger partial charge is 0.138 e. The summed E-state index contributed by atoms with van der Waals surface area (Å²) in [6.45, 7) is 2.04. The number of fused-ring (bicyclic) bond motifs is 1. The maximum absolute atomic E-state index is 6.33. The molecule has 0 spiro atoms. The number of furan rings is 1. The van der Waals surface area contributed by atoms with Crippen molar-refractivity contribution in [1.29, 1.82) is 0 Å². The highest BCUT2D eigenvalue weighted by Crippen LogP contribution is 2.33. The number of aryl methyl sites for hydroxylation is 1. The number of nitrogens with two attached hydrogens (primary N) is 1. The summed E-state index contributed by atoms with van der Waals surface area (Å²) in [5.41, 5.74) is 9.26. The molecule has 0 bridgehead atoms. The van der Waals surface area contributed by atoms with Crippen molar-refractivity contribution in [3.63, 3.8) is 0 Å². The van der Waals surface area contributed by atoms with Crippen LogP contribution in [0, 0.1) is 6.92 Å². The Balaban J connectivity index is 2.10. The standard InChI is InChI=1S/C17H17NO2/c1-11-14-9-8-13(19-2)10-15(14)20-17(11)16(18)12-6-4-3-5-7-12/h3-10,16H,18H2,1-2H3. The van der Waals surface area contributed by atoms with Gasteiger partial charge in [0, 0.05) is 17.0 Å². The molecule has 1 unspecified atom stereocenters. The average molecular weight is 267 g/mol. The Hall–Kier alpha value is -2.26. The van der Waals surface area contributed by atoms with E-state index >= 15 is 0 Å². The molecule has 0 aliphatic rings. The molecule has 0 amide bonds. The van der Waals surface area contributed by atoms with Crippen molar-refractivity contribution in [2.75, 3.05) is 7.11 Å². The van der Waals surface area contributed by atoms with Crippen LogP contribution in [0.2, 0.25) is 0 Å². The molecule has 1 atom stereocenters. The summed E-state index contributed by atoms with van der Waals surface area (Å²) < 4.78 is 11.2. The summed E-state index contributed by atoms with van der Waals surface area (Å²) in [5.74, 6) is 1.59. The van der Waals surface area contributed by atoms with Gasteiger partial charge in [0.25, 0.3) is 0 Å². The molecule has 0 aliphatic heterocycles. The van der Waals surface area contributed by atoms with E-state index in [1.807, 2.05) is 55.5 Å². The molecule has 3 rings (SSSR count). The SMILES string of the molecule is COc1ccc2c(C)c(C(N)c3ccccc3)oc2c1. The van der Waals surface area contributed by atoms with E-state index in [1.54, 1.807) is 7.11 Å². The maximum atomic E-state index is 6.33. The van der Waals surface area contributed by atoms with E-state index < -0.39 is 0 Å². The van der Waals surface area contributed by atoms with Gasteiger partial charge in [-0.2, -0.15) is 0 Å². The van der Waals surface area contributed by atoms with Crippen LogP contribution in [0.15, 0.2) is 52.9 Å². The minimum Gasteiger partial charge on any atom is -0.497 e. The van der Waals surface area contributed by atoms with Crippen molar-refractivity contribution >= 4 is 11.0 Å². The lowest BCUT2D eigenvalue weighted by Crippen LogP contribution is -2.11. The second-order valence-corrected chi connectivity index (χ2v) is 4.84. The van der Waals surface area contributed by atoms with Crippen LogP contribution in [0.5, 0.6) is 5.75 Å². The molecule has 102 valence electrons. The highest BCUT2D eigenvalue weighted by molar-refractivity contribution is 5.83. The van der Waals surface area contributed by atoms with Crippen LogP contribution in [-0.2, 0) is 0 Å². The molecule has 3 heteroatoms. The summed E-state index contributed by atoms with van der Waals surface area (Å²) in [4.78, 5) is 0. The molecule has 2 N–H and O–H groups in total. The van der Waals surface area contributed by atoms with Crippen molar-refractivity contribution in [3.8, 4) is 5.75 Å². The second kappa shape index (κ2) is 5.02. The lowest BCUT2D eigenvalue weighted by Gasteiger charge is -2.09. The molecule has 0 aliphatic carbocycles. The highest BCUT2D eigenvalue weighted by Gasteiger charge is 2.18. The zero-order chi connectivity index (χ0) is 14.1. The Labute approximate surface area is 118 Å². The molecule has 1 heterocycles. The van der Waals surface area contributed by atoms with E-state index in [-0.39, 0.29) is 6.04 Å². The zero-order valence-corrected chi connectivity index (χ0v) is 11.6. The molecule has 0 fully saturated rings. The van der Waals surface area contributed by atoms with Crippen molar-refractivity contribution < 1.29 is 9.15 Å². The molecule has 2 aromatic carbocycles. The third kappa shape index (κ3) is 2.06. The van der Waals surface area contributed by atoms with Crippen LogP contribution in [0.25, 0.3) is 11.0 Å². The Morgan fingerprint density at radius 3 is 2.55 bits per heavy atom. The van der Waals surface area contributed by atoms with Gasteiger partial charge in [-0.25, -0.2) is 0 Å². The van der Waals surface area contributed by atoms with Crippen LogP contribution in [-0.4, -0.2) is 7.11 Å². The first-order valence-corrected chi connectivity index (χ1v) is 6.58. The molecule has 0 radical (unpaired) electrons. The highest BCUT2D eigenvalue weighted by atomic mass is 16.5. The van der Waals surface area contributed by atoms with Gasteiger partial charge in [-0.05, 0) is 24.6 Å². The molecular formula is C17H17NO2. The Morgan fingerprint density at radius 2 is 1.85 bits per heavy atom. The monoisotopic (exact) mass is 267 g/mol. The normalized spacial score (nSPS) is 12.6. The van der Waals surface area contributed by atoms with E-state index in [9.17, 15) is 0 Å². The van der Waals surface area contributed by atoms with E-state index in [0.29, 0.717) is 0 Å². The van der Waals surface area contributed by atoms with E-state index in [4.69, 9.17) is 14.9 Å². The van der Waals surface area contributed by atoms with Gasteiger partial charge >= 0.3 is 0 Å². The first kappa shape index (κ1) is 12.8. The predicted molar refractivity (Wildman–Crippen MR) is 80.0 cm³/mol. The lowest BCUT2D eigenvalue weighted by molar-refractivity contribution is 0.414. The van der Waals surface area contributed by atoms with Crippen molar-refractivity contribution in [2.45, 2.75) is 13.0 Å². The maximum Gasteiger partial charge on any atom is 0.138 e. The van der Waals surface area contributed by atoms with Crippen LogP contribution in [0.1, 0.15) is 22.9 Å². The topological polar surface area (TPSA) is 48.4 Å². The summed E-state index contributed by atoms with van der Waals surface area (Å²) >= 11 is 0. The van der Waals surface area contributed by atoms with E-state index in [0.717, 1.165) is 33.6 Å². The van der Waals surface area contributed by atoms with Gasteiger partial charge < -0.3 is 14.9 Å². The molecule has 3 aromatic rings. The lowest BCUT2D eigenvalue weighted by atomic mass is 10.0. The van der Waals surface area contributed by atoms with Crippen LogP contribution in [0.3, 0.4) is 0 Å². The first-order chi connectivity index (χ1) is 9.70. The van der Waals surface area contributed by atoms with Gasteiger partial charge in [0.1, 0.15) is 17.1 Å². The first-order valence-electron chi connectivity index (χ1n) is 6.58. The van der Waals surface area contributed by atoms with Gasteiger partial charge in [-0.15, -0.1) is 0 Å². The fraction of sp³-hybridized carbons (Fsp3) is 0.176. The minimum absolute atomic E-state index is 0.255. The second-order valence-electron chi connectivity index (χ2n) is 4.84. The van der Waals surface area contributed by atoms with Gasteiger partial charge in [0.05, 0.1) is 13.2 Å². The fourth-order valence-electron chi connectivity index (χ4n) is 2.46. The Bertz CT molecular complexity index is 731. The molecule has 1 aromatic heterocycles. The quantitative estimate of drug-likeness (QED) is 0.785. The van der Waals surface area contributed by atoms with Crippen LogP contribution < -0.4 is 10.5 Å². The number of benzene rings is 2. The van der Waals surface area contributed by atoms with Gasteiger partial charge in [-0.3, -0.25) is 0 Å². The van der Waals surface area contributed by atoms with E-state index in [1.165, 1.54) is 0 Å². The minimum atomic E-state index is -0.255. The largest absolute Gasteiger partial charge is 0.497 e. The molecule has 20 heavy (non-hydrogen) atoms. The summed E-state index contributed by atoms with van der Waals surface area (Å²) in [7, 11) is 1.65. The third-order valence-electron chi connectivity index (χ3n) is 3.62. The number of rotatable bonds is 3. The summed E-state index contributed by atoms with van der Waals surface area (Å²) in [6.07, 6.45) is 0. The summed E-state index contributed by atoms with van der Waals surface area (Å²) in [5, 5.41) is 1.08. The summed E-state index contributed by atoms with van der Waals surface area (Å²) in [6, 6.07) is 15.5. The number of ether oxygens (including phenoxy) is 1. The van der Waals surface area contributed by atoms with Gasteiger partial charge in [0.15, 0.2) is 0 Å². The molecular weight excluding hydrogens is 250 g/mol. The number of methoxy groups -OCH3 is 1. The number of hydrogen-bond acceptors (Lipinski definition) is 3.